The normalized spacial score (nSPS) is 11.3. The zero-order valence-electron chi connectivity index (χ0n) is 13.3. The van der Waals surface area contributed by atoms with Gasteiger partial charge < -0.3 is 0 Å². The van der Waals surface area contributed by atoms with E-state index < -0.39 is 0 Å². The number of halogens is 2. The third-order valence-electron chi connectivity index (χ3n) is 4.11. The Morgan fingerprint density at radius 1 is 0.625 bits per heavy atom. The Morgan fingerprint density at radius 3 is 1.46 bits per heavy atom. The predicted octanol–water partition coefficient (Wildman–Crippen LogP) is 6.37. The van der Waals surface area contributed by atoms with Gasteiger partial charge in [-0.05, 0) is 61.4 Å². The summed E-state index contributed by atoms with van der Waals surface area (Å²) in [5.74, 6) is 0. The minimum absolute atomic E-state index is 0.718. The van der Waals surface area contributed by atoms with Gasteiger partial charge in [0.2, 0.25) is 0 Å². The molecule has 0 saturated carbocycles. The van der Waals surface area contributed by atoms with Crippen LogP contribution in [-0.4, -0.2) is 9.97 Å². The number of aromatic nitrogens is 2. The molecule has 0 amide bonds. The summed E-state index contributed by atoms with van der Waals surface area (Å²) >= 11 is 12.8. The van der Waals surface area contributed by atoms with Gasteiger partial charge in [-0.15, -0.1) is 0 Å². The van der Waals surface area contributed by atoms with Crippen LogP contribution in [0.5, 0.6) is 0 Å². The van der Waals surface area contributed by atoms with Gasteiger partial charge >= 0.3 is 0 Å². The average molecular weight is 353 g/mol. The Morgan fingerprint density at radius 2 is 1.04 bits per heavy atom. The smallest absolute Gasteiger partial charge is 0.0720 e. The highest BCUT2D eigenvalue weighted by atomic mass is 35.5. The average Bonchev–Trinajstić information content (AvgIpc) is 2.54. The predicted molar refractivity (Wildman–Crippen MR) is 102 cm³/mol. The molecular weight excluding hydrogens is 339 g/mol. The second-order valence-corrected chi connectivity index (χ2v) is 6.77. The summed E-state index contributed by atoms with van der Waals surface area (Å²) in [6.45, 7) is 3.89. The number of hydrogen-bond donors (Lipinski definition) is 0. The monoisotopic (exact) mass is 352 g/mol. The first-order valence-electron chi connectivity index (χ1n) is 7.65. The van der Waals surface area contributed by atoms with Gasteiger partial charge in [0.05, 0.1) is 21.1 Å². The van der Waals surface area contributed by atoms with Crippen LogP contribution in [0, 0.1) is 13.8 Å². The second-order valence-electron chi connectivity index (χ2n) is 5.95. The first kappa shape index (κ1) is 15.4. The van der Waals surface area contributed by atoms with Crippen molar-refractivity contribution in [1.82, 2.24) is 9.97 Å². The van der Waals surface area contributed by atoms with Crippen LogP contribution < -0.4 is 0 Å². The van der Waals surface area contributed by atoms with Crippen molar-refractivity contribution in [1.29, 1.82) is 0 Å². The van der Waals surface area contributed by atoms with Gasteiger partial charge in [0, 0.05) is 22.2 Å². The first-order chi connectivity index (χ1) is 11.5. The molecule has 0 spiro atoms. The van der Waals surface area contributed by atoms with Crippen molar-refractivity contribution in [3.05, 3.63) is 70.0 Å². The maximum atomic E-state index is 6.39. The molecule has 4 rings (SSSR count). The summed E-state index contributed by atoms with van der Waals surface area (Å²) in [6.07, 6.45) is 0. The number of nitrogens with zero attached hydrogens (tertiary/aromatic N) is 2. The minimum atomic E-state index is 0.718. The maximum Gasteiger partial charge on any atom is 0.0720 e. The van der Waals surface area contributed by atoms with Crippen LogP contribution in [0.4, 0.5) is 0 Å². The Labute approximate surface area is 150 Å². The van der Waals surface area contributed by atoms with E-state index in [1.807, 2.05) is 38.1 Å². The lowest BCUT2D eigenvalue weighted by Gasteiger charge is -2.08. The Balaban J connectivity index is 1.92. The van der Waals surface area contributed by atoms with Crippen LogP contribution in [0.15, 0.2) is 48.5 Å². The van der Waals surface area contributed by atoms with Crippen LogP contribution in [0.1, 0.15) is 11.4 Å². The summed E-state index contributed by atoms with van der Waals surface area (Å²) < 4.78 is 0. The van der Waals surface area contributed by atoms with Gasteiger partial charge in [-0.1, -0.05) is 35.3 Å². The van der Waals surface area contributed by atoms with Gasteiger partial charge in [-0.25, -0.2) is 0 Å². The van der Waals surface area contributed by atoms with Crippen LogP contribution in [0.2, 0.25) is 10.0 Å². The minimum Gasteiger partial charge on any atom is -0.253 e. The van der Waals surface area contributed by atoms with Crippen molar-refractivity contribution in [3.8, 4) is 11.1 Å². The summed E-state index contributed by atoms with van der Waals surface area (Å²) in [6, 6.07) is 16.0. The van der Waals surface area contributed by atoms with Crippen molar-refractivity contribution in [2.45, 2.75) is 13.8 Å². The van der Waals surface area contributed by atoms with E-state index >= 15 is 0 Å². The standard InChI is InChI=1S/C20H14Cl2N2/c1-11-7-17(21)15-9-13(3-5-19(15)23-11)14-4-6-20-16(10-14)18(22)8-12(2)24-20/h3-10H,1-2H3. The molecule has 0 N–H and O–H groups in total. The lowest BCUT2D eigenvalue weighted by molar-refractivity contribution is 1.25. The zero-order chi connectivity index (χ0) is 16.8. The molecule has 4 aromatic rings. The number of benzene rings is 2. The molecule has 0 saturated heterocycles. The van der Waals surface area contributed by atoms with E-state index in [9.17, 15) is 0 Å². The first-order valence-corrected chi connectivity index (χ1v) is 8.41. The van der Waals surface area contributed by atoms with Crippen molar-refractivity contribution >= 4 is 45.0 Å². The van der Waals surface area contributed by atoms with E-state index in [4.69, 9.17) is 23.2 Å². The summed E-state index contributed by atoms with van der Waals surface area (Å²) in [5.41, 5.74) is 5.79. The molecule has 2 heterocycles. The van der Waals surface area contributed by atoms with Crippen LogP contribution in [-0.2, 0) is 0 Å². The molecule has 4 heteroatoms. The van der Waals surface area contributed by atoms with E-state index in [2.05, 4.69) is 34.2 Å². The molecule has 0 radical (unpaired) electrons. The van der Waals surface area contributed by atoms with Gasteiger partial charge in [-0.2, -0.15) is 0 Å². The van der Waals surface area contributed by atoms with E-state index in [-0.39, 0.29) is 0 Å². The number of aryl methyl sites for hydroxylation is 2. The number of rotatable bonds is 1. The SMILES string of the molecule is Cc1cc(Cl)c2cc(-c3ccc4nc(C)cc(Cl)c4c3)ccc2n1. The quantitative estimate of drug-likeness (QED) is 0.397. The number of hydrogen-bond acceptors (Lipinski definition) is 2. The van der Waals surface area contributed by atoms with E-state index in [1.165, 1.54) is 0 Å². The largest absolute Gasteiger partial charge is 0.253 e. The highest BCUT2D eigenvalue weighted by molar-refractivity contribution is 6.36. The maximum absolute atomic E-state index is 6.39. The number of pyridine rings is 2. The topological polar surface area (TPSA) is 25.8 Å². The van der Waals surface area contributed by atoms with E-state index in [0.717, 1.165) is 54.4 Å². The number of fused-ring (bicyclic) bond motifs is 2. The van der Waals surface area contributed by atoms with Crippen molar-refractivity contribution in [2.75, 3.05) is 0 Å². The van der Waals surface area contributed by atoms with Crippen molar-refractivity contribution in [2.24, 2.45) is 0 Å². The van der Waals surface area contributed by atoms with Crippen LogP contribution in [0.25, 0.3) is 32.9 Å². The fourth-order valence-corrected chi connectivity index (χ4v) is 3.59. The molecule has 0 aliphatic rings. The highest BCUT2D eigenvalue weighted by Crippen LogP contribution is 2.32. The Hall–Kier alpha value is -2.16. The Bertz CT molecular complexity index is 1010. The molecule has 0 unspecified atom stereocenters. The van der Waals surface area contributed by atoms with E-state index in [1.54, 1.807) is 0 Å². The second kappa shape index (κ2) is 5.73. The lowest BCUT2D eigenvalue weighted by Crippen LogP contribution is -1.88. The van der Waals surface area contributed by atoms with Gasteiger partial charge in [-0.3, -0.25) is 9.97 Å². The van der Waals surface area contributed by atoms with E-state index in [0.29, 0.717) is 0 Å². The fraction of sp³-hybridized carbons (Fsp3) is 0.100. The summed E-state index contributed by atoms with van der Waals surface area (Å²) in [7, 11) is 0. The molecule has 24 heavy (non-hydrogen) atoms. The van der Waals surface area contributed by atoms with Crippen LogP contribution in [0.3, 0.4) is 0 Å². The van der Waals surface area contributed by atoms with Gasteiger partial charge in [0.15, 0.2) is 0 Å². The molecule has 0 aliphatic heterocycles. The zero-order valence-corrected chi connectivity index (χ0v) is 14.8. The molecule has 2 nitrogen and oxygen atoms in total. The van der Waals surface area contributed by atoms with Crippen molar-refractivity contribution in [3.63, 3.8) is 0 Å². The summed E-state index contributed by atoms with van der Waals surface area (Å²) in [4.78, 5) is 9.06. The third kappa shape index (κ3) is 2.62. The van der Waals surface area contributed by atoms with Crippen molar-refractivity contribution < 1.29 is 0 Å². The molecule has 0 atom stereocenters. The van der Waals surface area contributed by atoms with Gasteiger partial charge in [0.1, 0.15) is 0 Å². The fourth-order valence-electron chi connectivity index (χ4n) is 2.98. The van der Waals surface area contributed by atoms with Gasteiger partial charge in [0.25, 0.3) is 0 Å². The highest BCUT2D eigenvalue weighted by Gasteiger charge is 2.08. The molecule has 0 aliphatic carbocycles. The molecule has 2 aromatic carbocycles. The van der Waals surface area contributed by atoms with Crippen LogP contribution >= 0.6 is 23.2 Å². The summed E-state index contributed by atoms with van der Waals surface area (Å²) in [5, 5.41) is 3.34. The third-order valence-corrected chi connectivity index (χ3v) is 4.73. The molecule has 0 bridgehead atoms. The lowest BCUT2D eigenvalue weighted by atomic mass is 10.0. The Kier molecular flexibility index (Phi) is 3.67. The molecule has 0 fully saturated rings. The molecular formula is C20H14Cl2N2. The molecule has 118 valence electrons. The molecule has 2 aromatic heterocycles.